The van der Waals surface area contributed by atoms with Crippen molar-refractivity contribution >= 4 is 28.0 Å². The first-order valence-corrected chi connectivity index (χ1v) is 13.4. The van der Waals surface area contributed by atoms with Gasteiger partial charge in [0.2, 0.25) is 0 Å². The van der Waals surface area contributed by atoms with Crippen LogP contribution in [0.2, 0.25) is 0 Å². The van der Waals surface area contributed by atoms with Crippen LogP contribution in [0.5, 0.6) is 6.01 Å². The number of nitrogens with zero attached hydrogens (tertiary/aromatic N) is 4. The average Bonchev–Trinajstić information content (AvgIpc) is 3.16. The van der Waals surface area contributed by atoms with Gasteiger partial charge in [-0.3, -0.25) is 0 Å². The minimum atomic E-state index is -0.818. The van der Waals surface area contributed by atoms with Crippen LogP contribution in [-0.4, -0.2) is 50.0 Å². The fraction of sp³-hybridized carbons (Fsp3) is 0.208. The third-order valence-corrected chi connectivity index (χ3v) is 10.6. The van der Waals surface area contributed by atoms with Gasteiger partial charge in [0.25, 0.3) is 0 Å². The second-order valence-electron chi connectivity index (χ2n) is 8.42. The number of nitrogens with one attached hydrogen (secondary N) is 2. The summed E-state index contributed by atoms with van der Waals surface area (Å²) in [5.41, 5.74) is 18.5. The number of halogens is 1. The van der Waals surface area contributed by atoms with E-state index in [1.165, 1.54) is 0 Å². The summed E-state index contributed by atoms with van der Waals surface area (Å²) in [5.74, 6) is 0.455. The van der Waals surface area contributed by atoms with Crippen LogP contribution in [0, 0.1) is 6.92 Å². The molecule has 11 heteroatoms. The number of hydrogen-bond donors (Lipinski definition) is 4. The van der Waals surface area contributed by atoms with Gasteiger partial charge in [-0.05, 0) is 0 Å². The maximum absolute atomic E-state index is 12.7. The monoisotopic (exact) mass is 581 g/mol. The zero-order valence-corrected chi connectivity index (χ0v) is 20.9. The molecule has 2 unspecified atom stereocenters. The number of carbonyl (C=O) groups is 1. The second kappa shape index (κ2) is 8.18. The molecule has 1 aliphatic carbocycles. The van der Waals surface area contributed by atoms with Crippen molar-refractivity contribution in [2.24, 2.45) is 11.5 Å². The zero-order valence-electron chi connectivity index (χ0n) is 18.7. The SMILES string of the molecule is Cc1ccc2[nH]ncc2c1C1=C(N)C2(C(N)=O)[I-]C2C(c2ccnc(OCCc3ncc[nH]3)n2)=C1. The molecule has 2 aliphatic rings. The summed E-state index contributed by atoms with van der Waals surface area (Å²) in [6.07, 6.45) is 9.59. The molecule has 4 aromatic rings. The van der Waals surface area contributed by atoms with Crippen LogP contribution in [0.25, 0.3) is 22.0 Å². The van der Waals surface area contributed by atoms with Crippen LogP contribution in [0.15, 0.2) is 54.8 Å². The standard InChI is InChI=1S/C24H22IN8O2/c1-12-2-3-17-15(11-31-33-17)19(12)14-10-13(20-24(25-20,21(14)26)22(27)34)16-4-6-30-23(32-16)35-9-5-18-28-7-8-29-18/h2-4,6-8,10-11,20H,5,9,26H2,1H3,(H2,27,34)(H,28,29)(H,31,33)/q-1. The predicted molar refractivity (Wildman–Crippen MR) is 125 cm³/mol. The molecule has 6 N–H and O–H groups in total. The van der Waals surface area contributed by atoms with Crippen LogP contribution in [0.1, 0.15) is 22.6 Å². The van der Waals surface area contributed by atoms with Crippen LogP contribution in [-0.2, 0) is 11.2 Å². The van der Waals surface area contributed by atoms with Crippen molar-refractivity contribution in [1.82, 2.24) is 30.1 Å². The number of imidazole rings is 1. The molecule has 6 rings (SSSR count). The van der Waals surface area contributed by atoms with E-state index in [9.17, 15) is 4.79 Å². The summed E-state index contributed by atoms with van der Waals surface area (Å²) in [6, 6.07) is 6.11. The third-order valence-electron chi connectivity index (χ3n) is 6.35. The Kier molecular flexibility index (Phi) is 5.09. The predicted octanol–water partition coefficient (Wildman–Crippen LogP) is -1.53. The molecule has 1 saturated heterocycles. The van der Waals surface area contributed by atoms with Crippen LogP contribution in [0.4, 0.5) is 0 Å². The number of carbonyl (C=O) groups excluding carboxylic acids is 1. The summed E-state index contributed by atoms with van der Waals surface area (Å²) >= 11 is -0.634. The Labute approximate surface area is 210 Å². The molecule has 1 aromatic carbocycles. The summed E-state index contributed by atoms with van der Waals surface area (Å²) in [7, 11) is 0. The number of allylic oxidation sites excluding steroid dienone is 3. The van der Waals surface area contributed by atoms with E-state index in [0.29, 0.717) is 24.4 Å². The number of hydrogen-bond acceptors (Lipinski definition) is 7. The third kappa shape index (κ3) is 3.49. The number of rotatable bonds is 7. The second-order valence-corrected chi connectivity index (χ2v) is 12.0. The molecule has 0 saturated carbocycles. The summed E-state index contributed by atoms with van der Waals surface area (Å²) in [4.78, 5) is 28.9. The van der Waals surface area contributed by atoms with Gasteiger partial charge >= 0.3 is 211 Å². The Morgan fingerprint density at radius 3 is 2.94 bits per heavy atom. The van der Waals surface area contributed by atoms with Crippen LogP contribution < -0.4 is 37.4 Å². The molecule has 2 atom stereocenters. The first kappa shape index (κ1) is 21.8. The average molecular weight is 581 g/mol. The number of H-pyrrole nitrogens is 2. The van der Waals surface area contributed by atoms with Gasteiger partial charge in [-0.25, -0.2) is 0 Å². The molecular formula is C24H22IN8O2-. The molecule has 10 nitrogen and oxygen atoms in total. The number of aromatic nitrogens is 6. The molecule has 3 aromatic heterocycles. The van der Waals surface area contributed by atoms with Gasteiger partial charge in [0, 0.05) is 0 Å². The van der Waals surface area contributed by atoms with Gasteiger partial charge < -0.3 is 0 Å². The van der Waals surface area contributed by atoms with E-state index in [0.717, 1.165) is 39.0 Å². The Morgan fingerprint density at radius 1 is 1.26 bits per heavy atom. The van der Waals surface area contributed by atoms with E-state index in [-0.39, 0.29) is 15.8 Å². The quantitative estimate of drug-likeness (QED) is 0.152. The summed E-state index contributed by atoms with van der Waals surface area (Å²) in [5, 5.41) is 8.16. The number of aryl methyl sites for hydroxylation is 1. The number of benzene rings is 1. The Balaban J connectivity index is 1.40. The van der Waals surface area contributed by atoms with Crippen molar-refractivity contribution in [2.45, 2.75) is 20.7 Å². The van der Waals surface area contributed by atoms with Gasteiger partial charge in [0.05, 0.1) is 0 Å². The van der Waals surface area contributed by atoms with Gasteiger partial charge in [0.1, 0.15) is 0 Å². The van der Waals surface area contributed by atoms with Crippen molar-refractivity contribution in [1.29, 1.82) is 0 Å². The van der Waals surface area contributed by atoms with Gasteiger partial charge in [-0.2, -0.15) is 0 Å². The van der Waals surface area contributed by atoms with Crippen LogP contribution in [0.3, 0.4) is 0 Å². The molecule has 4 heterocycles. The molecule has 1 aliphatic heterocycles. The van der Waals surface area contributed by atoms with E-state index in [4.69, 9.17) is 16.2 Å². The van der Waals surface area contributed by atoms with Crippen molar-refractivity contribution in [2.75, 3.05) is 6.61 Å². The molecule has 0 radical (unpaired) electrons. The number of ether oxygens (including phenoxy) is 1. The number of alkyl halides is 2. The van der Waals surface area contributed by atoms with E-state index >= 15 is 0 Å². The molecule has 0 bridgehead atoms. The zero-order chi connectivity index (χ0) is 24.2. The molecule has 1 amide bonds. The summed E-state index contributed by atoms with van der Waals surface area (Å²) in [6.45, 7) is 2.41. The van der Waals surface area contributed by atoms with Gasteiger partial charge in [-0.1, -0.05) is 0 Å². The molecule has 0 spiro atoms. The van der Waals surface area contributed by atoms with Gasteiger partial charge in [-0.15, -0.1) is 0 Å². The van der Waals surface area contributed by atoms with E-state index in [2.05, 4.69) is 36.2 Å². The fourth-order valence-electron chi connectivity index (χ4n) is 4.56. The van der Waals surface area contributed by atoms with Gasteiger partial charge in [0.15, 0.2) is 0 Å². The Hall–Kier alpha value is -3.74. The number of nitrogens with two attached hydrogens (primary N) is 2. The molecular weight excluding hydrogens is 559 g/mol. The van der Waals surface area contributed by atoms with Crippen molar-refractivity contribution in [3.8, 4) is 6.01 Å². The molecule has 178 valence electrons. The molecule has 1 fully saturated rings. The first-order chi connectivity index (χ1) is 17.0. The number of aromatic amines is 2. The Bertz CT molecular complexity index is 1520. The van der Waals surface area contributed by atoms with Crippen molar-refractivity contribution in [3.05, 3.63) is 77.4 Å². The summed E-state index contributed by atoms with van der Waals surface area (Å²) < 4.78 is 4.94. The van der Waals surface area contributed by atoms with E-state index in [1.54, 1.807) is 24.8 Å². The fourth-order valence-corrected chi connectivity index (χ4v) is 8.11. The number of primary amides is 1. The van der Waals surface area contributed by atoms with Crippen molar-refractivity contribution in [3.63, 3.8) is 0 Å². The number of fused-ring (bicyclic) bond motifs is 2. The molecule has 35 heavy (non-hydrogen) atoms. The van der Waals surface area contributed by atoms with E-state index < -0.39 is 24.6 Å². The van der Waals surface area contributed by atoms with Crippen molar-refractivity contribution < 1.29 is 30.7 Å². The Morgan fingerprint density at radius 2 is 2.14 bits per heavy atom. The first-order valence-electron chi connectivity index (χ1n) is 11.0. The van der Waals surface area contributed by atoms with Crippen LogP contribution >= 0.6 is 0 Å². The maximum atomic E-state index is 12.7. The van der Waals surface area contributed by atoms with E-state index in [1.807, 2.05) is 25.1 Å². The minimum absolute atomic E-state index is 0.0303. The normalized spacial score (nSPS) is 21.3. The topological polar surface area (TPSA) is 161 Å². The number of amides is 1.